The molecule has 0 heterocycles. The molecule has 1 aliphatic carbocycles. The minimum absolute atomic E-state index is 0.0575. The van der Waals surface area contributed by atoms with Crippen LogP contribution in [0.3, 0.4) is 0 Å². The number of hydrogen-bond donors (Lipinski definition) is 4. The van der Waals surface area contributed by atoms with E-state index in [0.29, 0.717) is 46.9 Å². The molecule has 65 heavy (non-hydrogen) atoms. The van der Waals surface area contributed by atoms with Crippen LogP contribution in [0.5, 0.6) is 5.75 Å². The zero-order valence-electron chi connectivity index (χ0n) is 40.3. The fourth-order valence-electron chi connectivity index (χ4n) is 8.68. The second-order valence-electron chi connectivity index (χ2n) is 17.8. The topological polar surface area (TPSA) is 126 Å². The number of nitrogens with two attached hydrogens (primary N) is 2. The number of carbonyl (C=O) groups excluding carboxylic acids is 2. The molecule has 0 atom stereocenters. The number of rotatable bonds is 15. The van der Waals surface area contributed by atoms with Crippen LogP contribution in [0.2, 0.25) is 0 Å². The normalized spacial score (nSPS) is 12.7. The highest BCUT2D eigenvalue weighted by molar-refractivity contribution is 6.04. The van der Waals surface area contributed by atoms with Crippen molar-refractivity contribution in [3.63, 3.8) is 0 Å². The number of anilines is 6. The Morgan fingerprint density at radius 3 is 1.49 bits per heavy atom. The van der Waals surface area contributed by atoms with Gasteiger partial charge in [-0.15, -0.1) is 0 Å². The molecular weight excluding hydrogens is 812 g/mol. The Morgan fingerprint density at radius 2 is 1.08 bits per heavy atom. The molecule has 5 aromatic carbocycles. The number of halogens is 1. The van der Waals surface area contributed by atoms with Crippen molar-refractivity contribution in [1.29, 1.82) is 0 Å². The third kappa shape index (κ3) is 12.8. The van der Waals surface area contributed by atoms with E-state index in [4.69, 9.17) is 16.2 Å². The zero-order chi connectivity index (χ0) is 47.2. The lowest BCUT2D eigenvalue weighted by atomic mass is 9.89. The summed E-state index contributed by atoms with van der Waals surface area (Å²) in [6, 6.07) is 28.4. The van der Waals surface area contributed by atoms with Crippen molar-refractivity contribution in [2.45, 2.75) is 132 Å². The molecule has 6 rings (SSSR count). The SMILES string of the molecule is CCc1ccc(N)c(CC)c1NC(=O)N(CC1CCCCC1)c1ccc(C(C)C)cc1.CCc1ccc(N)c(CC)c1NC(=O)N(Cc1ccc(OC)cc1F)c1ccc(C(C)C)cc1. The number of aryl methyl sites for hydroxylation is 2. The van der Waals surface area contributed by atoms with Crippen molar-refractivity contribution in [2.75, 3.05) is 45.6 Å². The number of benzene rings is 5. The van der Waals surface area contributed by atoms with Gasteiger partial charge in [0, 0.05) is 40.9 Å². The Kier molecular flexibility index (Phi) is 18.3. The maximum Gasteiger partial charge on any atom is 0.326 e. The predicted octanol–water partition coefficient (Wildman–Crippen LogP) is 14.0. The van der Waals surface area contributed by atoms with Crippen LogP contribution in [0, 0.1) is 11.7 Å². The van der Waals surface area contributed by atoms with Gasteiger partial charge in [-0.3, -0.25) is 9.80 Å². The lowest BCUT2D eigenvalue weighted by Gasteiger charge is -2.31. The van der Waals surface area contributed by atoms with E-state index in [9.17, 15) is 14.0 Å². The molecule has 0 bridgehead atoms. The maximum absolute atomic E-state index is 14.8. The molecule has 0 saturated heterocycles. The van der Waals surface area contributed by atoms with Gasteiger partial charge in [0.15, 0.2) is 0 Å². The number of nitrogen functional groups attached to an aromatic ring is 2. The zero-order valence-corrected chi connectivity index (χ0v) is 40.3. The molecule has 0 radical (unpaired) electrons. The highest BCUT2D eigenvalue weighted by atomic mass is 19.1. The van der Waals surface area contributed by atoms with E-state index < -0.39 is 5.82 Å². The first-order chi connectivity index (χ1) is 31.2. The van der Waals surface area contributed by atoms with E-state index >= 15 is 0 Å². The predicted molar refractivity (Wildman–Crippen MR) is 271 cm³/mol. The Bertz CT molecular complexity index is 2340. The Balaban J connectivity index is 0.000000245. The largest absolute Gasteiger partial charge is 0.497 e. The summed E-state index contributed by atoms with van der Waals surface area (Å²) < 4.78 is 19.9. The van der Waals surface area contributed by atoms with Gasteiger partial charge in [0.25, 0.3) is 0 Å². The molecule has 10 heteroatoms. The third-order valence-corrected chi connectivity index (χ3v) is 12.8. The smallest absolute Gasteiger partial charge is 0.326 e. The van der Waals surface area contributed by atoms with Gasteiger partial charge >= 0.3 is 12.1 Å². The summed E-state index contributed by atoms with van der Waals surface area (Å²) in [6.45, 7) is 17.7. The van der Waals surface area contributed by atoms with Gasteiger partial charge in [0.2, 0.25) is 0 Å². The van der Waals surface area contributed by atoms with Crippen LogP contribution in [0.1, 0.15) is 138 Å². The van der Waals surface area contributed by atoms with E-state index in [0.717, 1.165) is 76.4 Å². The van der Waals surface area contributed by atoms with Crippen LogP contribution in [-0.2, 0) is 32.2 Å². The van der Waals surface area contributed by atoms with E-state index in [1.807, 2.05) is 67.3 Å². The number of nitrogens with zero attached hydrogens (tertiary/aromatic N) is 2. The first kappa shape index (κ1) is 50.0. The van der Waals surface area contributed by atoms with Crippen LogP contribution < -0.4 is 36.6 Å². The highest BCUT2D eigenvalue weighted by Crippen LogP contribution is 2.33. The van der Waals surface area contributed by atoms with Gasteiger partial charge in [0.1, 0.15) is 11.6 Å². The minimum Gasteiger partial charge on any atom is -0.497 e. The summed E-state index contributed by atoms with van der Waals surface area (Å²) in [6.07, 6.45) is 9.33. The first-order valence-electron chi connectivity index (χ1n) is 23.7. The summed E-state index contributed by atoms with van der Waals surface area (Å²) in [7, 11) is 1.49. The summed E-state index contributed by atoms with van der Waals surface area (Å²) in [5.41, 5.74) is 24.0. The summed E-state index contributed by atoms with van der Waals surface area (Å²) in [5.74, 6) is 1.39. The monoisotopic (exact) mass is 885 g/mol. The van der Waals surface area contributed by atoms with Gasteiger partial charge in [0.05, 0.1) is 25.0 Å². The minimum atomic E-state index is -0.427. The molecule has 4 amide bonds. The Morgan fingerprint density at radius 1 is 0.631 bits per heavy atom. The van der Waals surface area contributed by atoms with E-state index in [2.05, 4.69) is 76.4 Å². The molecule has 1 fully saturated rings. The number of nitrogens with one attached hydrogen (secondary N) is 2. The molecule has 348 valence electrons. The second kappa shape index (κ2) is 23.8. The molecular formula is C55H73FN6O3. The molecule has 6 N–H and O–H groups in total. The van der Waals surface area contributed by atoms with E-state index in [-0.39, 0.29) is 18.6 Å². The molecule has 0 aliphatic heterocycles. The van der Waals surface area contributed by atoms with Gasteiger partial charge in [-0.25, -0.2) is 14.0 Å². The average molecular weight is 885 g/mol. The summed E-state index contributed by atoms with van der Waals surface area (Å²) >= 11 is 0. The average Bonchev–Trinajstić information content (AvgIpc) is 3.31. The molecule has 9 nitrogen and oxygen atoms in total. The maximum atomic E-state index is 14.8. The molecule has 5 aromatic rings. The Hall–Kier alpha value is -6.03. The molecule has 0 spiro atoms. The van der Waals surface area contributed by atoms with Crippen LogP contribution in [0.15, 0.2) is 91.0 Å². The van der Waals surface area contributed by atoms with Crippen LogP contribution in [0.4, 0.5) is 48.1 Å². The van der Waals surface area contributed by atoms with Crippen molar-refractivity contribution >= 4 is 46.2 Å². The van der Waals surface area contributed by atoms with Crippen molar-refractivity contribution in [1.82, 2.24) is 0 Å². The fraction of sp³-hybridized carbons (Fsp3) is 0.418. The van der Waals surface area contributed by atoms with Crippen LogP contribution in [0.25, 0.3) is 0 Å². The first-order valence-corrected chi connectivity index (χ1v) is 23.7. The number of ether oxygens (including phenoxy) is 1. The van der Waals surface area contributed by atoms with Crippen LogP contribution in [-0.4, -0.2) is 25.7 Å². The fourth-order valence-corrected chi connectivity index (χ4v) is 8.68. The third-order valence-electron chi connectivity index (χ3n) is 12.8. The number of carbonyl (C=O) groups is 2. The molecule has 0 aromatic heterocycles. The van der Waals surface area contributed by atoms with Crippen molar-refractivity contribution < 1.29 is 18.7 Å². The lowest BCUT2D eigenvalue weighted by Crippen LogP contribution is -2.39. The van der Waals surface area contributed by atoms with Gasteiger partial charge < -0.3 is 26.8 Å². The van der Waals surface area contributed by atoms with Gasteiger partial charge in [-0.2, -0.15) is 0 Å². The number of hydrogen-bond acceptors (Lipinski definition) is 5. The Labute approximate surface area is 388 Å². The number of amides is 4. The summed E-state index contributed by atoms with van der Waals surface area (Å²) in [4.78, 5) is 30.8. The van der Waals surface area contributed by atoms with Crippen molar-refractivity contribution in [3.05, 3.63) is 136 Å². The molecule has 0 unspecified atom stereocenters. The van der Waals surface area contributed by atoms with E-state index in [1.54, 1.807) is 17.0 Å². The second-order valence-corrected chi connectivity index (χ2v) is 17.8. The highest BCUT2D eigenvalue weighted by Gasteiger charge is 2.25. The number of urea groups is 2. The van der Waals surface area contributed by atoms with Crippen molar-refractivity contribution in [3.8, 4) is 5.75 Å². The van der Waals surface area contributed by atoms with Crippen LogP contribution >= 0.6 is 0 Å². The van der Waals surface area contributed by atoms with Crippen molar-refractivity contribution in [2.24, 2.45) is 5.92 Å². The quantitative estimate of drug-likeness (QED) is 0.0779. The van der Waals surface area contributed by atoms with Gasteiger partial charge in [-0.1, -0.05) is 117 Å². The number of methoxy groups -OCH3 is 1. The molecule has 1 saturated carbocycles. The molecule has 1 aliphatic rings. The standard InChI is InChI=1S/C28H34FN3O2.C27H39N3O/c1-6-19-11-15-26(30)24(7-2)27(19)31-28(33)32(22-12-8-20(9-13-22)18(3)4)17-21-10-14-23(34-5)16-25(21)29;1-5-21-14-17-25(28)24(6-2)26(21)29-27(31)30(18-20-10-8-7-9-11-20)23-15-12-22(13-16-23)19(3)4/h8-16,18H,6-7,17,30H2,1-5H3,(H,31,33);12-17,19-20H,5-11,18,28H2,1-4H3,(H,29,31). The van der Waals surface area contributed by atoms with Gasteiger partial charge in [-0.05, 0) is 132 Å². The lowest BCUT2D eigenvalue weighted by molar-refractivity contribution is 0.253. The summed E-state index contributed by atoms with van der Waals surface area (Å²) in [5, 5.41) is 6.33. The van der Waals surface area contributed by atoms with E-state index in [1.165, 1.54) is 50.8 Å².